The molecule has 0 heterocycles. The van der Waals surface area contributed by atoms with Crippen LogP contribution in [0, 0.1) is 5.41 Å². The van der Waals surface area contributed by atoms with E-state index in [1.807, 2.05) is 31.3 Å². The SMILES string of the molecule is C/C=C\[C@H](N=Cc1ccccc1)C(C)(C)C. The first kappa shape index (κ1) is 12.7. The van der Waals surface area contributed by atoms with E-state index >= 15 is 0 Å². The zero-order chi connectivity index (χ0) is 12.0. The van der Waals surface area contributed by atoms with E-state index in [4.69, 9.17) is 0 Å². The molecule has 0 saturated carbocycles. The predicted octanol–water partition coefficient (Wildman–Crippen LogP) is 4.10. The molecule has 1 aromatic rings. The van der Waals surface area contributed by atoms with Gasteiger partial charge in [-0.3, -0.25) is 4.99 Å². The summed E-state index contributed by atoms with van der Waals surface area (Å²) in [6.45, 7) is 8.66. The second-order valence-corrected chi connectivity index (χ2v) is 5.03. The Kier molecular flexibility index (Phi) is 4.48. The van der Waals surface area contributed by atoms with Crippen LogP contribution in [-0.2, 0) is 0 Å². The van der Waals surface area contributed by atoms with E-state index < -0.39 is 0 Å². The fraction of sp³-hybridized carbons (Fsp3) is 0.400. The second kappa shape index (κ2) is 5.64. The lowest BCUT2D eigenvalue weighted by molar-refractivity contribution is 0.368. The Morgan fingerprint density at radius 1 is 1.12 bits per heavy atom. The van der Waals surface area contributed by atoms with Crippen LogP contribution in [0.3, 0.4) is 0 Å². The monoisotopic (exact) mass is 215 g/mol. The molecule has 0 fully saturated rings. The van der Waals surface area contributed by atoms with Gasteiger partial charge in [-0.25, -0.2) is 0 Å². The van der Waals surface area contributed by atoms with Crippen molar-refractivity contribution in [1.82, 2.24) is 0 Å². The van der Waals surface area contributed by atoms with Crippen molar-refractivity contribution in [3.05, 3.63) is 48.0 Å². The molecule has 0 spiro atoms. The highest BCUT2D eigenvalue weighted by molar-refractivity contribution is 5.79. The molecular weight excluding hydrogens is 194 g/mol. The summed E-state index contributed by atoms with van der Waals surface area (Å²) in [5, 5.41) is 0. The van der Waals surface area contributed by atoms with E-state index in [0.29, 0.717) is 0 Å². The topological polar surface area (TPSA) is 12.4 Å². The number of nitrogens with zero attached hydrogens (tertiary/aromatic N) is 1. The molecule has 1 heteroatoms. The molecular formula is C15H21N. The van der Waals surface area contributed by atoms with Crippen LogP contribution < -0.4 is 0 Å². The second-order valence-electron chi connectivity index (χ2n) is 5.03. The highest BCUT2D eigenvalue weighted by atomic mass is 14.8. The predicted molar refractivity (Wildman–Crippen MR) is 72.1 cm³/mol. The van der Waals surface area contributed by atoms with Gasteiger partial charge in [0, 0.05) is 6.21 Å². The fourth-order valence-electron chi connectivity index (χ4n) is 1.45. The van der Waals surface area contributed by atoms with Crippen molar-refractivity contribution in [2.24, 2.45) is 10.4 Å². The van der Waals surface area contributed by atoms with Gasteiger partial charge in [-0.05, 0) is 17.9 Å². The third kappa shape index (κ3) is 4.01. The van der Waals surface area contributed by atoms with Gasteiger partial charge in [-0.15, -0.1) is 0 Å². The summed E-state index contributed by atoms with van der Waals surface area (Å²) in [6, 6.07) is 10.5. The Hall–Kier alpha value is -1.37. The highest BCUT2D eigenvalue weighted by Crippen LogP contribution is 2.23. The fourth-order valence-corrected chi connectivity index (χ4v) is 1.45. The molecule has 1 rings (SSSR count). The van der Waals surface area contributed by atoms with Crippen molar-refractivity contribution < 1.29 is 0 Å². The highest BCUT2D eigenvalue weighted by Gasteiger charge is 2.20. The van der Waals surface area contributed by atoms with Gasteiger partial charge in [0.1, 0.15) is 0 Å². The van der Waals surface area contributed by atoms with Crippen LogP contribution in [-0.4, -0.2) is 12.3 Å². The maximum atomic E-state index is 4.64. The van der Waals surface area contributed by atoms with Gasteiger partial charge in [-0.1, -0.05) is 63.3 Å². The lowest BCUT2D eigenvalue weighted by atomic mass is 9.87. The first-order chi connectivity index (χ1) is 7.54. The molecule has 1 nitrogen and oxygen atoms in total. The van der Waals surface area contributed by atoms with Gasteiger partial charge in [0.25, 0.3) is 0 Å². The van der Waals surface area contributed by atoms with Crippen molar-refractivity contribution in [1.29, 1.82) is 0 Å². The van der Waals surface area contributed by atoms with Crippen LogP contribution in [0.1, 0.15) is 33.3 Å². The van der Waals surface area contributed by atoms with Crippen LogP contribution in [0.15, 0.2) is 47.5 Å². The molecule has 0 aromatic heterocycles. The Bertz CT molecular complexity index is 355. The molecule has 0 amide bonds. The van der Waals surface area contributed by atoms with Gasteiger partial charge in [0.05, 0.1) is 6.04 Å². The average Bonchev–Trinajstić information content (AvgIpc) is 2.24. The first-order valence-electron chi connectivity index (χ1n) is 5.75. The van der Waals surface area contributed by atoms with Gasteiger partial charge in [-0.2, -0.15) is 0 Å². The lowest BCUT2D eigenvalue weighted by Crippen LogP contribution is -2.22. The van der Waals surface area contributed by atoms with Crippen LogP contribution >= 0.6 is 0 Å². The molecule has 1 atom stereocenters. The zero-order valence-electron chi connectivity index (χ0n) is 10.6. The van der Waals surface area contributed by atoms with Gasteiger partial charge in [0.2, 0.25) is 0 Å². The van der Waals surface area contributed by atoms with E-state index in [9.17, 15) is 0 Å². The molecule has 0 bridgehead atoms. The molecule has 0 aliphatic carbocycles. The van der Waals surface area contributed by atoms with Crippen molar-refractivity contribution in [2.75, 3.05) is 0 Å². The smallest absolute Gasteiger partial charge is 0.0728 e. The Labute approximate surface area is 98.9 Å². The molecule has 86 valence electrons. The lowest BCUT2D eigenvalue weighted by Gasteiger charge is -2.24. The summed E-state index contributed by atoms with van der Waals surface area (Å²) in [7, 11) is 0. The number of hydrogen-bond acceptors (Lipinski definition) is 1. The Balaban J connectivity index is 2.81. The number of hydrogen-bond donors (Lipinski definition) is 0. The van der Waals surface area contributed by atoms with Crippen molar-refractivity contribution in [3.63, 3.8) is 0 Å². The molecule has 0 N–H and O–H groups in total. The van der Waals surface area contributed by atoms with Gasteiger partial charge in [0.15, 0.2) is 0 Å². The van der Waals surface area contributed by atoms with Crippen molar-refractivity contribution in [3.8, 4) is 0 Å². The van der Waals surface area contributed by atoms with E-state index in [0.717, 1.165) is 5.56 Å². The summed E-state index contributed by atoms with van der Waals surface area (Å²) in [5.74, 6) is 0. The third-order valence-electron chi connectivity index (χ3n) is 2.45. The maximum absolute atomic E-state index is 4.64. The van der Waals surface area contributed by atoms with E-state index in [1.165, 1.54) is 0 Å². The summed E-state index contributed by atoms with van der Waals surface area (Å²) < 4.78 is 0. The molecule has 1 aromatic carbocycles. The minimum absolute atomic E-state index is 0.164. The van der Waals surface area contributed by atoms with Gasteiger partial charge >= 0.3 is 0 Å². The van der Waals surface area contributed by atoms with Crippen molar-refractivity contribution in [2.45, 2.75) is 33.7 Å². The van der Waals surface area contributed by atoms with Crippen LogP contribution in [0.4, 0.5) is 0 Å². The number of aliphatic imine (C=N–C) groups is 1. The zero-order valence-corrected chi connectivity index (χ0v) is 10.6. The largest absolute Gasteiger partial charge is 0.285 e. The number of benzene rings is 1. The van der Waals surface area contributed by atoms with Gasteiger partial charge < -0.3 is 0 Å². The van der Waals surface area contributed by atoms with E-state index in [-0.39, 0.29) is 11.5 Å². The molecule has 0 unspecified atom stereocenters. The quantitative estimate of drug-likeness (QED) is 0.532. The standard InChI is InChI=1S/C15H21N/c1-5-9-14(15(2,3)4)16-12-13-10-7-6-8-11-13/h5-12,14H,1-4H3/b9-5-,16-12?/t14-/m0/s1. The summed E-state index contributed by atoms with van der Waals surface area (Å²) in [6.07, 6.45) is 6.17. The van der Waals surface area contributed by atoms with Crippen LogP contribution in [0.2, 0.25) is 0 Å². The molecule has 0 aliphatic heterocycles. The van der Waals surface area contributed by atoms with E-state index in [1.54, 1.807) is 0 Å². The first-order valence-corrected chi connectivity index (χ1v) is 5.75. The third-order valence-corrected chi connectivity index (χ3v) is 2.45. The summed E-state index contributed by atoms with van der Waals surface area (Å²) in [4.78, 5) is 4.64. The minimum Gasteiger partial charge on any atom is -0.285 e. The molecule has 0 aliphatic rings. The van der Waals surface area contributed by atoms with E-state index in [2.05, 4.69) is 50.0 Å². The van der Waals surface area contributed by atoms with Crippen LogP contribution in [0.5, 0.6) is 0 Å². The number of allylic oxidation sites excluding steroid dienone is 1. The average molecular weight is 215 g/mol. The number of rotatable bonds is 3. The normalized spacial score (nSPS) is 14.8. The molecule has 16 heavy (non-hydrogen) atoms. The summed E-state index contributed by atoms with van der Waals surface area (Å²) in [5.41, 5.74) is 1.32. The van der Waals surface area contributed by atoms with Crippen molar-refractivity contribution >= 4 is 6.21 Å². The molecule has 0 saturated heterocycles. The maximum Gasteiger partial charge on any atom is 0.0728 e. The Morgan fingerprint density at radius 2 is 1.75 bits per heavy atom. The Morgan fingerprint density at radius 3 is 2.25 bits per heavy atom. The molecule has 0 radical (unpaired) electrons. The minimum atomic E-state index is 0.164. The van der Waals surface area contributed by atoms with Crippen LogP contribution in [0.25, 0.3) is 0 Å². The summed E-state index contributed by atoms with van der Waals surface area (Å²) >= 11 is 0.